The molecule has 4 nitrogen and oxygen atoms in total. The molecular weight excluding hydrogens is 288 g/mol. The quantitative estimate of drug-likeness (QED) is 0.916. The fraction of sp³-hybridized carbons (Fsp3) is 0.188. The summed E-state index contributed by atoms with van der Waals surface area (Å²) < 4.78 is 5.62. The van der Waals surface area contributed by atoms with E-state index in [1.54, 1.807) is 12.1 Å². The molecule has 0 saturated carbocycles. The van der Waals surface area contributed by atoms with E-state index < -0.39 is 11.4 Å². The molecule has 0 saturated heterocycles. The Morgan fingerprint density at radius 3 is 2.62 bits per heavy atom. The smallest absolute Gasteiger partial charge is 0.248 e. The van der Waals surface area contributed by atoms with E-state index in [2.05, 4.69) is 5.32 Å². The number of nitrogens with one attached hydrogen (secondary N) is 1. The standard InChI is InChI=1S/C16H15ClN2O2/c17-11-5-7-12(8-6-11)19-16(15(18)20)9-10-21-14-4-2-1-3-13(14)16/h1-8,19H,9-10H2,(H2,18,20). The van der Waals surface area contributed by atoms with Gasteiger partial charge in [0.1, 0.15) is 11.3 Å². The molecule has 1 aliphatic rings. The van der Waals surface area contributed by atoms with Crippen LogP contribution in [0.3, 0.4) is 0 Å². The SMILES string of the molecule is NC(=O)C1(Nc2ccc(Cl)cc2)CCOc2ccccc21. The number of anilines is 1. The molecule has 2 aromatic rings. The number of nitrogens with two attached hydrogens (primary N) is 1. The average molecular weight is 303 g/mol. The zero-order chi connectivity index (χ0) is 14.9. The second-order valence-corrected chi connectivity index (χ2v) is 5.43. The summed E-state index contributed by atoms with van der Waals surface area (Å²) in [6, 6.07) is 14.6. The van der Waals surface area contributed by atoms with Gasteiger partial charge in [-0.15, -0.1) is 0 Å². The van der Waals surface area contributed by atoms with Crippen molar-refractivity contribution in [2.24, 2.45) is 5.73 Å². The van der Waals surface area contributed by atoms with E-state index in [1.165, 1.54) is 0 Å². The predicted octanol–water partition coefficient (Wildman–Crippen LogP) is 2.92. The number of amides is 1. The van der Waals surface area contributed by atoms with Crippen molar-refractivity contribution in [1.82, 2.24) is 0 Å². The summed E-state index contributed by atoms with van der Waals surface area (Å²) >= 11 is 5.89. The molecule has 0 fully saturated rings. The topological polar surface area (TPSA) is 64.4 Å². The van der Waals surface area contributed by atoms with Gasteiger partial charge in [-0.3, -0.25) is 4.79 Å². The second-order valence-electron chi connectivity index (χ2n) is 5.00. The van der Waals surface area contributed by atoms with Crippen molar-refractivity contribution in [2.75, 3.05) is 11.9 Å². The van der Waals surface area contributed by atoms with Crippen molar-refractivity contribution in [3.05, 3.63) is 59.1 Å². The Labute approximate surface area is 127 Å². The maximum absolute atomic E-state index is 12.2. The van der Waals surface area contributed by atoms with E-state index in [0.717, 1.165) is 11.3 Å². The molecule has 3 rings (SSSR count). The number of hydrogen-bond acceptors (Lipinski definition) is 3. The maximum Gasteiger partial charge on any atom is 0.248 e. The van der Waals surface area contributed by atoms with Crippen LogP contribution >= 0.6 is 11.6 Å². The van der Waals surface area contributed by atoms with Gasteiger partial charge in [0.25, 0.3) is 0 Å². The number of halogens is 1. The van der Waals surface area contributed by atoms with Crippen molar-refractivity contribution in [3.63, 3.8) is 0 Å². The largest absolute Gasteiger partial charge is 0.493 e. The van der Waals surface area contributed by atoms with Crippen molar-refractivity contribution in [2.45, 2.75) is 12.0 Å². The predicted molar refractivity (Wildman–Crippen MR) is 82.5 cm³/mol. The fourth-order valence-electron chi connectivity index (χ4n) is 2.62. The van der Waals surface area contributed by atoms with E-state index in [4.69, 9.17) is 22.1 Å². The van der Waals surface area contributed by atoms with E-state index in [0.29, 0.717) is 23.8 Å². The van der Waals surface area contributed by atoms with E-state index in [-0.39, 0.29) is 0 Å². The summed E-state index contributed by atoms with van der Waals surface area (Å²) in [5.74, 6) is 0.261. The minimum atomic E-state index is -0.970. The molecule has 1 atom stereocenters. The molecule has 0 radical (unpaired) electrons. The molecule has 1 aliphatic heterocycles. The lowest BCUT2D eigenvalue weighted by molar-refractivity contribution is -0.123. The van der Waals surface area contributed by atoms with Gasteiger partial charge in [0.2, 0.25) is 5.91 Å². The van der Waals surface area contributed by atoms with Crippen LogP contribution in [0.15, 0.2) is 48.5 Å². The highest BCUT2D eigenvalue weighted by atomic mass is 35.5. The van der Waals surface area contributed by atoms with Crippen LogP contribution in [0.5, 0.6) is 5.75 Å². The van der Waals surface area contributed by atoms with Crippen LogP contribution in [-0.4, -0.2) is 12.5 Å². The van der Waals surface area contributed by atoms with Crippen molar-refractivity contribution < 1.29 is 9.53 Å². The first-order valence-electron chi connectivity index (χ1n) is 6.68. The normalized spacial score (nSPS) is 20.2. The summed E-state index contributed by atoms with van der Waals surface area (Å²) in [5.41, 5.74) is 6.29. The summed E-state index contributed by atoms with van der Waals surface area (Å²) in [6.45, 7) is 0.431. The molecule has 1 unspecified atom stereocenters. The van der Waals surface area contributed by atoms with Gasteiger partial charge in [-0.05, 0) is 30.3 Å². The molecule has 2 aromatic carbocycles. The fourth-order valence-corrected chi connectivity index (χ4v) is 2.75. The molecule has 0 bridgehead atoms. The molecule has 1 amide bonds. The van der Waals surface area contributed by atoms with Crippen LogP contribution in [0, 0.1) is 0 Å². The summed E-state index contributed by atoms with van der Waals surface area (Å²) in [6.07, 6.45) is 0.474. The zero-order valence-corrected chi connectivity index (χ0v) is 12.1. The molecule has 108 valence electrons. The highest BCUT2D eigenvalue weighted by Crippen LogP contribution is 2.39. The Hall–Kier alpha value is -2.20. The first kappa shape index (κ1) is 13.8. The molecule has 0 spiro atoms. The van der Waals surface area contributed by atoms with Crippen LogP contribution in [0.4, 0.5) is 5.69 Å². The molecule has 0 aliphatic carbocycles. The van der Waals surface area contributed by atoms with Gasteiger partial charge in [-0.1, -0.05) is 29.8 Å². The van der Waals surface area contributed by atoms with E-state index >= 15 is 0 Å². The van der Waals surface area contributed by atoms with Gasteiger partial charge >= 0.3 is 0 Å². The first-order valence-corrected chi connectivity index (χ1v) is 7.05. The second kappa shape index (κ2) is 5.30. The van der Waals surface area contributed by atoms with Crippen LogP contribution in [0.1, 0.15) is 12.0 Å². The lowest BCUT2D eigenvalue weighted by Gasteiger charge is -2.37. The van der Waals surface area contributed by atoms with Crippen LogP contribution in [0.2, 0.25) is 5.02 Å². The highest BCUT2D eigenvalue weighted by molar-refractivity contribution is 6.30. The van der Waals surface area contributed by atoms with Crippen LogP contribution < -0.4 is 15.8 Å². The van der Waals surface area contributed by atoms with Gasteiger partial charge in [0.15, 0.2) is 0 Å². The lowest BCUT2D eigenvalue weighted by Crippen LogP contribution is -2.50. The van der Waals surface area contributed by atoms with Gasteiger partial charge in [-0.25, -0.2) is 0 Å². The van der Waals surface area contributed by atoms with Crippen molar-refractivity contribution in [3.8, 4) is 5.75 Å². The Morgan fingerprint density at radius 2 is 1.90 bits per heavy atom. The van der Waals surface area contributed by atoms with Gasteiger partial charge in [0.05, 0.1) is 6.61 Å². The minimum Gasteiger partial charge on any atom is -0.493 e. The Balaban J connectivity index is 2.05. The molecule has 0 aromatic heterocycles. The third-order valence-electron chi connectivity index (χ3n) is 3.70. The summed E-state index contributed by atoms with van der Waals surface area (Å²) in [7, 11) is 0. The molecule has 21 heavy (non-hydrogen) atoms. The van der Waals surface area contributed by atoms with Gasteiger partial charge in [0, 0.05) is 22.7 Å². The monoisotopic (exact) mass is 302 g/mol. The minimum absolute atomic E-state index is 0.423. The Bertz CT molecular complexity index is 672. The number of fused-ring (bicyclic) bond motifs is 1. The average Bonchev–Trinajstić information content (AvgIpc) is 2.50. The number of carbonyl (C=O) groups excluding carboxylic acids is 1. The number of carbonyl (C=O) groups is 1. The number of benzene rings is 2. The van der Waals surface area contributed by atoms with Crippen LogP contribution in [-0.2, 0) is 10.3 Å². The molecular formula is C16H15ClN2O2. The van der Waals surface area contributed by atoms with E-state index in [1.807, 2.05) is 36.4 Å². The zero-order valence-electron chi connectivity index (χ0n) is 11.3. The number of primary amides is 1. The van der Waals surface area contributed by atoms with Crippen molar-refractivity contribution >= 4 is 23.2 Å². The Morgan fingerprint density at radius 1 is 1.19 bits per heavy atom. The number of para-hydroxylation sites is 1. The summed E-state index contributed by atoms with van der Waals surface area (Å²) in [5, 5.41) is 3.90. The maximum atomic E-state index is 12.2. The Kier molecular flexibility index (Phi) is 3.47. The van der Waals surface area contributed by atoms with Gasteiger partial charge < -0.3 is 15.8 Å². The third kappa shape index (κ3) is 2.43. The van der Waals surface area contributed by atoms with Crippen LogP contribution in [0.25, 0.3) is 0 Å². The number of rotatable bonds is 3. The summed E-state index contributed by atoms with van der Waals surface area (Å²) in [4.78, 5) is 12.2. The highest BCUT2D eigenvalue weighted by Gasteiger charge is 2.43. The number of ether oxygens (including phenoxy) is 1. The number of hydrogen-bond donors (Lipinski definition) is 2. The van der Waals surface area contributed by atoms with Gasteiger partial charge in [-0.2, -0.15) is 0 Å². The third-order valence-corrected chi connectivity index (χ3v) is 3.96. The molecule has 1 heterocycles. The molecule has 5 heteroatoms. The van der Waals surface area contributed by atoms with Crippen molar-refractivity contribution in [1.29, 1.82) is 0 Å². The first-order chi connectivity index (χ1) is 10.1. The molecule has 3 N–H and O–H groups in total. The lowest BCUT2D eigenvalue weighted by atomic mass is 9.83. The van der Waals surface area contributed by atoms with E-state index in [9.17, 15) is 4.79 Å².